The standard InChI is InChI=1S/C24H33NO3/c1-2-7-11-22(10-6-1)25-16-17-26-18-19-27-23-12-14-24(15-13-23)28-20-21-8-4-3-5-9-21/h3-5,8-9,12-15,22,25H,1-2,6-7,10-11,16-20H2. The summed E-state index contributed by atoms with van der Waals surface area (Å²) in [6.07, 6.45) is 8.14. The van der Waals surface area contributed by atoms with Crippen molar-refractivity contribution in [3.63, 3.8) is 0 Å². The van der Waals surface area contributed by atoms with Gasteiger partial charge in [-0.15, -0.1) is 0 Å². The lowest BCUT2D eigenvalue weighted by Crippen LogP contribution is -2.31. The molecular formula is C24H33NO3. The summed E-state index contributed by atoms with van der Waals surface area (Å²) in [5.41, 5.74) is 1.16. The van der Waals surface area contributed by atoms with Crippen LogP contribution in [0.1, 0.15) is 44.1 Å². The number of benzene rings is 2. The van der Waals surface area contributed by atoms with E-state index in [9.17, 15) is 0 Å². The number of rotatable bonds is 11. The zero-order chi connectivity index (χ0) is 19.3. The van der Waals surface area contributed by atoms with Crippen LogP contribution in [0.5, 0.6) is 11.5 Å². The van der Waals surface area contributed by atoms with Gasteiger partial charge in [-0.05, 0) is 42.7 Å². The van der Waals surface area contributed by atoms with Gasteiger partial charge in [0.25, 0.3) is 0 Å². The maximum atomic E-state index is 5.79. The van der Waals surface area contributed by atoms with Crippen molar-refractivity contribution in [2.45, 2.75) is 51.2 Å². The molecule has 4 nitrogen and oxygen atoms in total. The van der Waals surface area contributed by atoms with Crippen molar-refractivity contribution < 1.29 is 14.2 Å². The molecule has 1 aliphatic rings. The van der Waals surface area contributed by atoms with Crippen LogP contribution in [-0.4, -0.2) is 32.4 Å². The molecule has 0 unspecified atom stereocenters. The zero-order valence-corrected chi connectivity index (χ0v) is 16.8. The monoisotopic (exact) mass is 383 g/mol. The van der Waals surface area contributed by atoms with Crippen molar-refractivity contribution in [2.75, 3.05) is 26.4 Å². The SMILES string of the molecule is c1ccc(COc2ccc(OCCOCCNC3CCCCCC3)cc2)cc1. The van der Waals surface area contributed by atoms with Crippen molar-refractivity contribution in [1.82, 2.24) is 5.32 Å². The summed E-state index contributed by atoms with van der Waals surface area (Å²) in [4.78, 5) is 0. The lowest BCUT2D eigenvalue weighted by atomic mass is 10.1. The lowest BCUT2D eigenvalue weighted by Gasteiger charge is -2.16. The molecule has 152 valence electrons. The van der Waals surface area contributed by atoms with Gasteiger partial charge < -0.3 is 19.5 Å². The number of hydrogen-bond acceptors (Lipinski definition) is 4. The van der Waals surface area contributed by atoms with Crippen LogP contribution >= 0.6 is 0 Å². The highest BCUT2D eigenvalue weighted by molar-refractivity contribution is 5.31. The maximum absolute atomic E-state index is 5.79. The van der Waals surface area contributed by atoms with Crippen molar-refractivity contribution in [1.29, 1.82) is 0 Å². The van der Waals surface area contributed by atoms with Gasteiger partial charge in [0.1, 0.15) is 24.7 Å². The molecule has 0 amide bonds. The van der Waals surface area contributed by atoms with E-state index in [1.54, 1.807) is 0 Å². The van der Waals surface area contributed by atoms with Gasteiger partial charge in [0.05, 0.1) is 13.2 Å². The molecule has 1 fully saturated rings. The average Bonchev–Trinajstić information content (AvgIpc) is 3.02. The van der Waals surface area contributed by atoms with Crippen LogP contribution < -0.4 is 14.8 Å². The Morgan fingerprint density at radius 2 is 1.39 bits per heavy atom. The third kappa shape index (κ3) is 7.91. The van der Waals surface area contributed by atoms with Crippen molar-refractivity contribution >= 4 is 0 Å². The molecule has 0 atom stereocenters. The topological polar surface area (TPSA) is 39.7 Å². The van der Waals surface area contributed by atoms with Crippen molar-refractivity contribution in [2.24, 2.45) is 0 Å². The highest BCUT2D eigenvalue weighted by Crippen LogP contribution is 2.19. The third-order valence-corrected chi connectivity index (χ3v) is 5.10. The first-order valence-corrected chi connectivity index (χ1v) is 10.6. The zero-order valence-electron chi connectivity index (χ0n) is 16.8. The van der Waals surface area contributed by atoms with E-state index in [0.29, 0.717) is 25.9 Å². The predicted octanol–water partition coefficient (Wildman–Crippen LogP) is 4.97. The molecule has 4 heteroatoms. The van der Waals surface area contributed by atoms with E-state index >= 15 is 0 Å². The second-order valence-electron chi connectivity index (χ2n) is 7.35. The van der Waals surface area contributed by atoms with Gasteiger partial charge >= 0.3 is 0 Å². The molecule has 1 saturated carbocycles. The van der Waals surface area contributed by atoms with E-state index in [4.69, 9.17) is 14.2 Å². The quantitative estimate of drug-likeness (QED) is 0.439. The van der Waals surface area contributed by atoms with Gasteiger partial charge in [-0.3, -0.25) is 0 Å². The Hall–Kier alpha value is -2.04. The van der Waals surface area contributed by atoms with E-state index < -0.39 is 0 Å². The molecule has 0 bridgehead atoms. The van der Waals surface area contributed by atoms with Crippen molar-refractivity contribution in [3.8, 4) is 11.5 Å². The van der Waals surface area contributed by atoms with Gasteiger partial charge in [0.2, 0.25) is 0 Å². The molecule has 0 heterocycles. The summed E-state index contributed by atoms with van der Waals surface area (Å²) >= 11 is 0. The van der Waals surface area contributed by atoms with Crippen LogP contribution in [0.3, 0.4) is 0 Å². The Kier molecular flexibility index (Phi) is 9.18. The van der Waals surface area contributed by atoms with Crippen LogP contribution in [0.15, 0.2) is 54.6 Å². The fourth-order valence-corrected chi connectivity index (χ4v) is 3.51. The molecule has 0 saturated heterocycles. The van der Waals surface area contributed by atoms with Gasteiger partial charge in [0, 0.05) is 12.6 Å². The van der Waals surface area contributed by atoms with Crippen LogP contribution in [0.2, 0.25) is 0 Å². The first-order valence-electron chi connectivity index (χ1n) is 10.6. The number of ether oxygens (including phenoxy) is 3. The highest BCUT2D eigenvalue weighted by atomic mass is 16.5. The predicted molar refractivity (Wildman–Crippen MR) is 113 cm³/mol. The second-order valence-corrected chi connectivity index (χ2v) is 7.35. The number of hydrogen-bond donors (Lipinski definition) is 1. The van der Waals surface area contributed by atoms with E-state index in [2.05, 4.69) is 17.4 Å². The molecule has 3 rings (SSSR count). The summed E-state index contributed by atoms with van der Waals surface area (Å²) in [6, 6.07) is 18.6. The largest absolute Gasteiger partial charge is 0.491 e. The van der Waals surface area contributed by atoms with Gasteiger partial charge in [-0.2, -0.15) is 0 Å². The molecular weight excluding hydrogens is 350 g/mol. The lowest BCUT2D eigenvalue weighted by molar-refractivity contribution is 0.0999. The van der Waals surface area contributed by atoms with Crippen LogP contribution in [0.25, 0.3) is 0 Å². The molecule has 28 heavy (non-hydrogen) atoms. The molecule has 0 spiro atoms. The van der Waals surface area contributed by atoms with E-state index in [1.165, 1.54) is 38.5 Å². The van der Waals surface area contributed by atoms with E-state index in [1.807, 2.05) is 42.5 Å². The van der Waals surface area contributed by atoms with E-state index in [0.717, 1.165) is 30.2 Å². The summed E-state index contributed by atoms with van der Waals surface area (Å²) < 4.78 is 17.2. The normalized spacial score (nSPS) is 15.1. The molecule has 0 aromatic heterocycles. The summed E-state index contributed by atoms with van der Waals surface area (Å²) in [5, 5.41) is 3.62. The van der Waals surface area contributed by atoms with Gasteiger partial charge in [0.15, 0.2) is 0 Å². The molecule has 2 aromatic rings. The summed E-state index contributed by atoms with van der Waals surface area (Å²) in [5.74, 6) is 1.68. The summed E-state index contributed by atoms with van der Waals surface area (Å²) in [7, 11) is 0. The molecule has 1 N–H and O–H groups in total. The second kappa shape index (κ2) is 12.4. The molecule has 1 aliphatic carbocycles. The Morgan fingerprint density at radius 1 is 0.714 bits per heavy atom. The Labute approximate surface area is 169 Å². The number of nitrogens with one attached hydrogen (secondary N) is 1. The first kappa shape index (κ1) is 20.7. The Morgan fingerprint density at radius 3 is 2.11 bits per heavy atom. The Bertz CT molecular complexity index is 637. The Balaban J connectivity index is 1.23. The van der Waals surface area contributed by atoms with E-state index in [-0.39, 0.29) is 0 Å². The highest BCUT2D eigenvalue weighted by Gasteiger charge is 2.10. The van der Waals surface area contributed by atoms with Crippen LogP contribution in [0.4, 0.5) is 0 Å². The minimum Gasteiger partial charge on any atom is -0.491 e. The maximum Gasteiger partial charge on any atom is 0.120 e. The smallest absolute Gasteiger partial charge is 0.120 e. The minimum absolute atomic E-state index is 0.563. The van der Waals surface area contributed by atoms with Crippen molar-refractivity contribution in [3.05, 3.63) is 60.2 Å². The van der Waals surface area contributed by atoms with Gasteiger partial charge in [-0.1, -0.05) is 56.0 Å². The fourth-order valence-electron chi connectivity index (χ4n) is 3.51. The van der Waals surface area contributed by atoms with Crippen LogP contribution in [-0.2, 0) is 11.3 Å². The first-order chi connectivity index (χ1) is 13.9. The van der Waals surface area contributed by atoms with Crippen LogP contribution in [0, 0.1) is 0 Å². The average molecular weight is 384 g/mol. The molecule has 0 aliphatic heterocycles. The molecule has 2 aromatic carbocycles. The van der Waals surface area contributed by atoms with Gasteiger partial charge in [-0.25, -0.2) is 0 Å². The fraction of sp³-hybridized carbons (Fsp3) is 0.500. The minimum atomic E-state index is 0.563. The molecule has 0 radical (unpaired) electrons. The third-order valence-electron chi connectivity index (χ3n) is 5.10. The summed E-state index contributed by atoms with van der Waals surface area (Å²) in [6.45, 7) is 3.42.